The Kier molecular flexibility index (Phi) is 2.91. The molecule has 0 fully saturated rings. The fraction of sp³-hybridized carbons (Fsp3) is 0.500. The lowest BCUT2D eigenvalue weighted by atomic mass is 10.0. The molecular formula is C12H18. The van der Waals surface area contributed by atoms with Crippen LogP contribution in [0, 0.1) is 5.92 Å². The average molecular weight is 162 g/mol. The van der Waals surface area contributed by atoms with E-state index in [1.807, 2.05) is 0 Å². The van der Waals surface area contributed by atoms with Gasteiger partial charge in [-0.2, -0.15) is 0 Å². The molecule has 0 aromatic rings. The zero-order valence-electron chi connectivity index (χ0n) is 8.52. The van der Waals surface area contributed by atoms with E-state index in [0.717, 1.165) is 6.42 Å². The first kappa shape index (κ1) is 9.31. The molecule has 0 nitrogen and oxygen atoms in total. The molecule has 1 rings (SSSR count). The third-order valence-corrected chi connectivity index (χ3v) is 2.51. The first-order valence-electron chi connectivity index (χ1n) is 4.71. The van der Waals surface area contributed by atoms with Crippen LogP contribution in [-0.4, -0.2) is 0 Å². The second-order valence-corrected chi connectivity index (χ2v) is 3.61. The van der Waals surface area contributed by atoms with Gasteiger partial charge in [0.2, 0.25) is 0 Å². The molecule has 0 atom stereocenters. The van der Waals surface area contributed by atoms with Crippen LogP contribution in [0.2, 0.25) is 0 Å². The number of hydrogen-bond acceptors (Lipinski definition) is 0. The SMILES string of the molecule is CC=C1C=C(C(C)C)CC1=CC. The zero-order valence-corrected chi connectivity index (χ0v) is 8.52. The molecule has 0 unspecified atom stereocenters. The maximum Gasteiger partial charge on any atom is -0.00587 e. The van der Waals surface area contributed by atoms with Crippen molar-refractivity contribution in [1.82, 2.24) is 0 Å². The number of hydrogen-bond donors (Lipinski definition) is 0. The topological polar surface area (TPSA) is 0 Å². The van der Waals surface area contributed by atoms with Gasteiger partial charge in [0, 0.05) is 0 Å². The first-order valence-corrected chi connectivity index (χ1v) is 4.71. The summed E-state index contributed by atoms with van der Waals surface area (Å²) in [7, 11) is 0. The largest absolute Gasteiger partial charge is 0.0835 e. The van der Waals surface area contributed by atoms with E-state index in [1.54, 1.807) is 5.57 Å². The molecule has 1 aliphatic rings. The van der Waals surface area contributed by atoms with Gasteiger partial charge in [0.1, 0.15) is 0 Å². The summed E-state index contributed by atoms with van der Waals surface area (Å²) in [6.45, 7) is 8.75. The minimum Gasteiger partial charge on any atom is -0.0835 e. The summed E-state index contributed by atoms with van der Waals surface area (Å²) < 4.78 is 0. The van der Waals surface area contributed by atoms with Gasteiger partial charge in [-0.1, -0.05) is 37.6 Å². The molecule has 0 spiro atoms. The van der Waals surface area contributed by atoms with Crippen LogP contribution < -0.4 is 0 Å². The summed E-state index contributed by atoms with van der Waals surface area (Å²) in [6, 6.07) is 0. The summed E-state index contributed by atoms with van der Waals surface area (Å²) in [5.74, 6) is 0.692. The van der Waals surface area contributed by atoms with Gasteiger partial charge in [0.15, 0.2) is 0 Å². The van der Waals surface area contributed by atoms with Crippen molar-refractivity contribution < 1.29 is 0 Å². The normalized spacial score (nSPS) is 24.2. The van der Waals surface area contributed by atoms with Crippen molar-refractivity contribution in [3.05, 3.63) is 34.9 Å². The van der Waals surface area contributed by atoms with Gasteiger partial charge in [-0.3, -0.25) is 0 Å². The molecule has 0 heterocycles. The molecule has 0 saturated heterocycles. The highest BCUT2D eigenvalue weighted by Crippen LogP contribution is 2.33. The Morgan fingerprint density at radius 2 is 1.92 bits per heavy atom. The Morgan fingerprint density at radius 3 is 2.25 bits per heavy atom. The predicted octanol–water partition coefficient (Wildman–Crippen LogP) is 3.87. The third kappa shape index (κ3) is 1.69. The van der Waals surface area contributed by atoms with Gasteiger partial charge < -0.3 is 0 Å². The van der Waals surface area contributed by atoms with Crippen molar-refractivity contribution in [2.45, 2.75) is 34.1 Å². The molecule has 0 aromatic carbocycles. The molecule has 0 saturated carbocycles. The molecule has 1 aliphatic carbocycles. The van der Waals surface area contributed by atoms with Crippen LogP contribution in [0.25, 0.3) is 0 Å². The summed E-state index contributed by atoms with van der Waals surface area (Å²) in [6.07, 6.45) is 7.92. The first-order chi connectivity index (χ1) is 5.69. The van der Waals surface area contributed by atoms with E-state index in [-0.39, 0.29) is 0 Å². The van der Waals surface area contributed by atoms with Gasteiger partial charge in [0.05, 0.1) is 0 Å². The van der Waals surface area contributed by atoms with Crippen LogP contribution in [0.15, 0.2) is 34.9 Å². The minimum absolute atomic E-state index is 0.692. The minimum atomic E-state index is 0.692. The fourth-order valence-electron chi connectivity index (χ4n) is 1.57. The highest BCUT2D eigenvalue weighted by atomic mass is 14.2. The summed E-state index contributed by atoms with van der Waals surface area (Å²) in [5, 5.41) is 0. The second-order valence-electron chi connectivity index (χ2n) is 3.61. The van der Waals surface area contributed by atoms with Crippen LogP contribution in [0.1, 0.15) is 34.1 Å². The molecular weight excluding hydrogens is 144 g/mol. The van der Waals surface area contributed by atoms with Crippen LogP contribution >= 0.6 is 0 Å². The molecule has 66 valence electrons. The Bertz CT molecular complexity index is 249. The van der Waals surface area contributed by atoms with Crippen molar-refractivity contribution in [1.29, 1.82) is 0 Å². The molecule has 0 aliphatic heterocycles. The molecule has 0 N–H and O–H groups in total. The van der Waals surface area contributed by atoms with Crippen LogP contribution in [0.3, 0.4) is 0 Å². The Balaban J connectivity index is 2.89. The van der Waals surface area contributed by atoms with Crippen LogP contribution in [0.4, 0.5) is 0 Å². The van der Waals surface area contributed by atoms with E-state index in [1.165, 1.54) is 11.1 Å². The van der Waals surface area contributed by atoms with Gasteiger partial charge in [0.25, 0.3) is 0 Å². The standard InChI is InChI=1S/C12H18/c1-5-10-7-12(9(3)4)8-11(10)6-2/h5-7,9H,8H2,1-4H3. The lowest BCUT2D eigenvalue weighted by Crippen LogP contribution is -1.89. The molecule has 0 amide bonds. The maximum absolute atomic E-state index is 2.33. The highest BCUT2D eigenvalue weighted by molar-refractivity contribution is 5.49. The maximum atomic E-state index is 2.33. The van der Waals surface area contributed by atoms with Gasteiger partial charge in [-0.15, -0.1) is 0 Å². The van der Waals surface area contributed by atoms with E-state index < -0.39 is 0 Å². The molecule has 0 heteroatoms. The Labute approximate surface area is 75.7 Å². The van der Waals surface area contributed by atoms with Gasteiger partial charge >= 0.3 is 0 Å². The highest BCUT2D eigenvalue weighted by Gasteiger charge is 2.15. The van der Waals surface area contributed by atoms with E-state index in [9.17, 15) is 0 Å². The fourth-order valence-corrected chi connectivity index (χ4v) is 1.57. The van der Waals surface area contributed by atoms with Crippen molar-refractivity contribution in [2.75, 3.05) is 0 Å². The Hall–Kier alpha value is -0.780. The number of rotatable bonds is 1. The molecule has 0 radical (unpaired) electrons. The third-order valence-electron chi connectivity index (χ3n) is 2.51. The van der Waals surface area contributed by atoms with E-state index in [4.69, 9.17) is 0 Å². The van der Waals surface area contributed by atoms with Crippen molar-refractivity contribution in [2.24, 2.45) is 5.92 Å². The molecule has 0 bridgehead atoms. The summed E-state index contributed by atoms with van der Waals surface area (Å²) in [4.78, 5) is 0. The number of allylic oxidation sites excluding steroid dienone is 6. The monoisotopic (exact) mass is 162 g/mol. The van der Waals surface area contributed by atoms with E-state index in [2.05, 4.69) is 45.9 Å². The summed E-state index contributed by atoms with van der Waals surface area (Å²) >= 11 is 0. The van der Waals surface area contributed by atoms with Crippen molar-refractivity contribution >= 4 is 0 Å². The van der Waals surface area contributed by atoms with Crippen molar-refractivity contribution in [3.8, 4) is 0 Å². The van der Waals surface area contributed by atoms with E-state index in [0.29, 0.717) is 5.92 Å². The predicted molar refractivity (Wildman–Crippen MR) is 55.1 cm³/mol. The second kappa shape index (κ2) is 3.75. The quantitative estimate of drug-likeness (QED) is 0.549. The lowest BCUT2D eigenvalue weighted by molar-refractivity contribution is 0.751. The zero-order chi connectivity index (χ0) is 9.14. The average Bonchev–Trinajstić information content (AvgIpc) is 2.46. The van der Waals surface area contributed by atoms with Gasteiger partial charge in [-0.05, 0) is 37.3 Å². The molecule has 0 aromatic heterocycles. The van der Waals surface area contributed by atoms with Crippen LogP contribution in [0.5, 0.6) is 0 Å². The van der Waals surface area contributed by atoms with Crippen LogP contribution in [-0.2, 0) is 0 Å². The van der Waals surface area contributed by atoms with Gasteiger partial charge in [-0.25, -0.2) is 0 Å². The Morgan fingerprint density at radius 1 is 1.25 bits per heavy atom. The van der Waals surface area contributed by atoms with Crippen molar-refractivity contribution in [3.63, 3.8) is 0 Å². The summed E-state index contributed by atoms with van der Waals surface area (Å²) in [5.41, 5.74) is 4.47. The molecule has 12 heavy (non-hydrogen) atoms. The smallest absolute Gasteiger partial charge is 0.00587 e. The van der Waals surface area contributed by atoms with E-state index >= 15 is 0 Å². The lowest BCUT2D eigenvalue weighted by Gasteiger charge is -2.03.